The molecule has 108 valence electrons. The molecule has 0 spiro atoms. The predicted molar refractivity (Wildman–Crippen MR) is 74.8 cm³/mol. The number of carbonyl (C=O) groups excluding carboxylic acids is 1. The zero-order valence-corrected chi connectivity index (χ0v) is 12.4. The number of esters is 1. The topological polar surface area (TPSA) is 47.4 Å². The van der Waals surface area contributed by atoms with E-state index in [1.165, 1.54) is 0 Å². The van der Waals surface area contributed by atoms with Gasteiger partial charge in [-0.15, -0.1) is 0 Å². The summed E-state index contributed by atoms with van der Waals surface area (Å²) in [6.07, 6.45) is 7.28. The Hall–Kier alpha value is -1.36. The van der Waals surface area contributed by atoms with Crippen LogP contribution < -0.4 is 0 Å². The minimum Gasteiger partial charge on any atom is -0.464 e. The molecule has 0 saturated carbocycles. The Bertz CT molecular complexity index is 363. The maximum absolute atomic E-state index is 11.9. The van der Waals surface area contributed by atoms with E-state index in [1.54, 1.807) is 12.5 Å². The van der Waals surface area contributed by atoms with Gasteiger partial charge in [-0.1, -0.05) is 13.8 Å². The van der Waals surface area contributed by atoms with Crippen LogP contribution in [0.3, 0.4) is 0 Å². The number of aromatic nitrogens is 2. The van der Waals surface area contributed by atoms with Gasteiger partial charge in [0.15, 0.2) is 0 Å². The Kier molecular flexibility index (Phi) is 6.56. The summed E-state index contributed by atoms with van der Waals surface area (Å²) in [5.74, 6) is -0.199. The van der Waals surface area contributed by atoms with E-state index in [9.17, 15) is 4.79 Å². The lowest BCUT2D eigenvalue weighted by Gasteiger charge is -2.20. The van der Waals surface area contributed by atoms with Crippen LogP contribution in [-0.2, 0) is 9.53 Å². The Morgan fingerprint density at radius 1 is 1.47 bits per heavy atom. The Balaban J connectivity index is 2.40. The third-order valence-corrected chi connectivity index (χ3v) is 3.23. The molecule has 5 nitrogen and oxygen atoms in total. The number of carbonyl (C=O) groups is 1. The molecule has 0 aliphatic rings. The highest BCUT2D eigenvalue weighted by Crippen LogP contribution is 2.21. The van der Waals surface area contributed by atoms with Gasteiger partial charge in [0.1, 0.15) is 6.61 Å². The van der Waals surface area contributed by atoms with E-state index in [0.29, 0.717) is 12.6 Å². The zero-order valence-electron chi connectivity index (χ0n) is 12.4. The van der Waals surface area contributed by atoms with Gasteiger partial charge in [0, 0.05) is 25.0 Å². The van der Waals surface area contributed by atoms with Crippen molar-refractivity contribution in [3.05, 3.63) is 18.7 Å². The highest BCUT2D eigenvalue weighted by Gasteiger charge is 2.20. The van der Waals surface area contributed by atoms with E-state index in [4.69, 9.17) is 4.74 Å². The Labute approximate surface area is 115 Å². The molecule has 0 aromatic carbocycles. The third kappa shape index (κ3) is 5.42. The van der Waals surface area contributed by atoms with Crippen molar-refractivity contribution < 1.29 is 9.53 Å². The maximum atomic E-state index is 11.9. The fraction of sp³-hybridized carbons (Fsp3) is 0.714. The van der Waals surface area contributed by atoms with E-state index < -0.39 is 0 Å². The van der Waals surface area contributed by atoms with Crippen LogP contribution in [0.4, 0.5) is 0 Å². The largest absolute Gasteiger partial charge is 0.464 e. The van der Waals surface area contributed by atoms with Gasteiger partial charge < -0.3 is 14.2 Å². The molecular formula is C14H25N3O2. The fourth-order valence-electron chi connectivity index (χ4n) is 1.96. The molecule has 0 bridgehead atoms. The molecule has 1 heterocycles. The first-order valence-corrected chi connectivity index (χ1v) is 6.83. The quantitative estimate of drug-likeness (QED) is 0.676. The highest BCUT2D eigenvalue weighted by atomic mass is 16.5. The van der Waals surface area contributed by atoms with Crippen LogP contribution in [0.2, 0.25) is 0 Å². The number of rotatable bonds is 8. The van der Waals surface area contributed by atoms with Crippen molar-refractivity contribution in [2.75, 3.05) is 27.2 Å². The van der Waals surface area contributed by atoms with Crippen LogP contribution in [0.1, 0.15) is 32.7 Å². The summed E-state index contributed by atoms with van der Waals surface area (Å²) in [6.45, 7) is 5.27. The molecule has 5 heteroatoms. The van der Waals surface area contributed by atoms with Crippen molar-refractivity contribution in [1.82, 2.24) is 14.5 Å². The average Bonchev–Trinajstić information content (AvgIpc) is 2.88. The van der Waals surface area contributed by atoms with Gasteiger partial charge in [-0.3, -0.25) is 4.79 Å². The van der Waals surface area contributed by atoms with E-state index in [-0.39, 0.29) is 11.9 Å². The average molecular weight is 267 g/mol. The van der Waals surface area contributed by atoms with Crippen molar-refractivity contribution in [2.45, 2.75) is 32.7 Å². The minimum atomic E-state index is -0.111. The lowest BCUT2D eigenvalue weighted by atomic mass is 10.00. The van der Waals surface area contributed by atoms with E-state index in [1.807, 2.05) is 32.1 Å². The monoisotopic (exact) mass is 267 g/mol. The van der Waals surface area contributed by atoms with Crippen molar-refractivity contribution in [3.8, 4) is 0 Å². The SMILES string of the molecule is CCC(C[C@@H](C)C(=O)OCCN(C)C)n1ccnc1. The van der Waals surface area contributed by atoms with Gasteiger partial charge in [-0.2, -0.15) is 0 Å². The second-order valence-electron chi connectivity index (χ2n) is 5.18. The summed E-state index contributed by atoms with van der Waals surface area (Å²) in [4.78, 5) is 17.9. The zero-order chi connectivity index (χ0) is 14.3. The standard InChI is InChI=1S/C14H25N3O2/c1-5-13(17-7-6-15-11-17)10-12(2)14(18)19-9-8-16(3)4/h6-7,11-13H,5,8-10H2,1-4H3/t12-,13?/m1/s1. The molecule has 0 saturated heterocycles. The van der Waals surface area contributed by atoms with Crippen LogP contribution in [0, 0.1) is 5.92 Å². The summed E-state index contributed by atoms with van der Waals surface area (Å²) in [6, 6.07) is 0.305. The van der Waals surface area contributed by atoms with Crippen LogP contribution >= 0.6 is 0 Å². The summed E-state index contributed by atoms with van der Waals surface area (Å²) >= 11 is 0. The van der Waals surface area contributed by atoms with Gasteiger partial charge in [-0.05, 0) is 26.9 Å². The molecule has 0 aliphatic heterocycles. The lowest BCUT2D eigenvalue weighted by Crippen LogP contribution is -2.24. The molecule has 1 aromatic rings. The van der Waals surface area contributed by atoms with Gasteiger partial charge in [0.2, 0.25) is 0 Å². The Morgan fingerprint density at radius 3 is 2.74 bits per heavy atom. The predicted octanol–water partition coefficient (Wildman–Crippen LogP) is 1.97. The molecule has 0 radical (unpaired) electrons. The smallest absolute Gasteiger partial charge is 0.308 e. The van der Waals surface area contributed by atoms with Crippen LogP contribution in [0.15, 0.2) is 18.7 Å². The number of hydrogen-bond acceptors (Lipinski definition) is 4. The lowest BCUT2D eigenvalue weighted by molar-refractivity contribution is -0.148. The number of ether oxygens (including phenoxy) is 1. The minimum absolute atomic E-state index is 0.0884. The van der Waals surface area contributed by atoms with Gasteiger partial charge in [0.25, 0.3) is 0 Å². The molecule has 0 amide bonds. The summed E-state index contributed by atoms with van der Waals surface area (Å²) in [5, 5.41) is 0. The van der Waals surface area contributed by atoms with Gasteiger partial charge in [-0.25, -0.2) is 4.98 Å². The highest BCUT2D eigenvalue weighted by molar-refractivity contribution is 5.71. The molecule has 1 unspecified atom stereocenters. The van der Waals surface area contributed by atoms with Crippen LogP contribution in [0.5, 0.6) is 0 Å². The van der Waals surface area contributed by atoms with Gasteiger partial charge in [0.05, 0.1) is 12.2 Å². The molecule has 0 N–H and O–H groups in total. The third-order valence-electron chi connectivity index (χ3n) is 3.23. The fourth-order valence-corrected chi connectivity index (χ4v) is 1.96. The van der Waals surface area contributed by atoms with Crippen LogP contribution in [0.25, 0.3) is 0 Å². The molecule has 2 atom stereocenters. The van der Waals surface area contributed by atoms with Gasteiger partial charge >= 0.3 is 5.97 Å². The molecular weight excluding hydrogens is 242 g/mol. The van der Waals surface area contributed by atoms with Crippen molar-refractivity contribution in [2.24, 2.45) is 5.92 Å². The van der Waals surface area contributed by atoms with E-state index in [2.05, 4.69) is 16.5 Å². The van der Waals surface area contributed by atoms with E-state index in [0.717, 1.165) is 19.4 Å². The van der Waals surface area contributed by atoms with Crippen molar-refractivity contribution >= 4 is 5.97 Å². The second-order valence-corrected chi connectivity index (χ2v) is 5.18. The normalized spacial score (nSPS) is 14.4. The molecule has 19 heavy (non-hydrogen) atoms. The van der Waals surface area contributed by atoms with Crippen LogP contribution in [-0.4, -0.2) is 47.7 Å². The number of nitrogens with zero attached hydrogens (tertiary/aromatic N) is 3. The number of likely N-dealkylation sites (N-methyl/N-ethyl adjacent to an activating group) is 1. The van der Waals surface area contributed by atoms with E-state index >= 15 is 0 Å². The second kappa shape index (κ2) is 7.94. The number of hydrogen-bond donors (Lipinski definition) is 0. The molecule has 0 fully saturated rings. The maximum Gasteiger partial charge on any atom is 0.308 e. The summed E-state index contributed by atoms with van der Waals surface area (Å²) in [5.41, 5.74) is 0. The Morgan fingerprint density at radius 2 is 2.21 bits per heavy atom. The summed E-state index contributed by atoms with van der Waals surface area (Å²) in [7, 11) is 3.92. The van der Waals surface area contributed by atoms with Crippen molar-refractivity contribution in [1.29, 1.82) is 0 Å². The first-order valence-electron chi connectivity index (χ1n) is 6.83. The molecule has 0 aliphatic carbocycles. The first-order chi connectivity index (χ1) is 9.04. The molecule has 1 aromatic heterocycles. The molecule has 1 rings (SSSR count). The van der Waals surface area contributed by atoms with Crippen molar-refractivity contribution in [3.63, 3.8) is 0 Å². The number of imidazole rings is 1. The first kappa shape index (κ1) is 15.7. The summed E-state index contributed by atoms with van der Waals surface area (Å²) < 4.78 is 7.33.